The second-order valence-corrected chi connectivity index (χ2v) is 6.04. The molecule has 1 aliphatic rings. The van der Waals surface area contributed by atoms with E-state index in [-0.39, 0.29) is 23.9 Å². The van der Waals surface area contributed by atoms with Gasteiger partial charge in [0.1, 0.15) is 6.54 Å². The fraction of sp³-hybridized carbons (Fsp3) is 0.412. The van der Waals surface area contributed by atoms with Crippen molar-refractivity contribution in [2.75, 3.05) is 26.2 Å². The molecule has 24 heavy (non-hydrogen) atoms. The minimum Gasteiger partial charge on any atom is -0.339 e. The lowest BCUT2D eigenvalue weighted by atomic mass is 10.1. The number of hydrogen-bond donors (Lipinski definition) is 0. The monoisotopic (exact) mass is 328 g/mol. The number of aromatic nitrogens is 2. The van der Waals surface area contributed by atoms with Gasteiger partial charge in [0.05, 0.1) is 17.2 Å². The first-order valence-electron chi connectivity index (χ1n) is 7.95. The molecule has 0 unspecified atom stereocenters. The molecule has 0 bridgehead atoms. The van der Waals surface area contributed by atoms with Crippen LogP contribution in [-0.4, -0.2) is 57.3 Å². The van der Waals surface area contributed by atoms with Gasteiger partial charge in [-0.2, -0.15) is 0 Å². The summed E-state index contributed by atoms with van der Waals surface area (Å²) in [6, 6.07) is 5.44. The zero-order chi connectivity index (χ0) is 17.3. The molecule has 2 heterocycles. The lowest BCUT2D eigenvalue weighted by Crippen LogP contribution is -2.51. The highest BCUT2D eigenvalue weighted by Gasteiger charge is 2.22. The molecule has 2 aromatic rings. The number of rotatable bonds is 2. The second-order valence-electron chi connectivity index (χ2n) is 6.04. The summed E-state index contributed by atoms with van der Waals surface area (Å²) in [5.41, 5.74) is 1.39. The normalized spacial score (nSPS) is 14.9. The zero-order valence-corrected chi connectivity index (χ0v) is 13.9. The van der Waals surface area contributed by atoms with Crippen LogP contribution in [0.25, 0.3) is 10.9 Å². The summed E-state index contributed by atoms with van der Waals surface area (Å²) in [6.07, 6.45) is 1.43. The molecule has 1 saturated heterocycles. The molecule has 0 atom stereocenters. The van der Waals surface area contributed by atoms with E-state index in [0.29, 0.717) is 37.1 Å². The molecular formula is C17H20N4O3. The highest BCUT2D eigenvalue weighted by molar-refractivity contribution is 5.81. The Labute approximate surface area is 139 Å². The molecule has 2 amide bonds. The van der Waals surface area contributed by atoms with Gasteiger partial charge in [0.25, 0.3) is 5.56 Å². The van der Waals surface area contributed by atoms with E-state index in [0.717, 1.165) is 5.56 Å². The van der Waals surface area contributed by atoms with Crippen molar-refractivity contribution in [3.05, 3.63) is 40.4 Å². The predicted molar refractivity (Wildman–Crippen MR) is 89.6 cm³/mol. The Hall–Kier alpha value is -2.70. The molecule has 1 aromatic carbocycles. The standard InChI is InChI=1S/C17H20N4O3/c1-12-4-3-5-14-16(12)18-11-21(17(14)24)10-15(23)20-8-6-19(7-9-20)13(2)22/h3-5,11H,6-10H2,1-2H3. The molecule has 0 aliphatic carbocycles. The molecule has 7 heteroatoms. The SMILES string of the molecule is CC(=O)N1CCN(C(=O)Cn2cnc3c(C)cccc3c2=O)CC1. The smallest absolute Gasteiger partial charge is 0.261 e. The van der Waals surface area contributed by atoms with Gasteiger partial charge in [-0.05, 0) is 18.6 Å². The first kappa shape index (κ1) is 16.2. The number of amides is 2. The maximum absolute atomic E-state index is 12.5. The third kappa shape index (κ3) is 3.02. The topological polar surface area (TPSA) is 75.5 Å². The summed E-state index contributed by atoms with van der Waals surface area (Å²) in [7, 11) is 0. The van der Waals surface area contributed by atoms with Crippen molar-refractivity contribution in [3.63, 3.8) is 0 Å². The number of hydrogen-bond acceptors (Lipinski definition) is 4. The average Bonchev–Trinajstić information content (AvgIpc) is 2.58. The van der Waals surface area contributed by atoms with Gasteiger partial charge < -0.3 is 9.80 Å². The highest BCUT2D eigenvalue weighted by Crippen LogP contribution is 2.11. The molecule has 0 saturated carbocycles. The predicted octanol–water partition coefficient (Wildman–Crippen LogP) is 0.396. The quantitative estimate of drug-likeness (QED) is 0.799. The molecule has 0 radical (unpaired) electrons. The molecular weight excluding hydrogens is 308 g/mol. The van der Waals surface area contributed by atoms with Crippen LogP contribution in [-0.2, 0) is 16.1 Å². The first-order chi connectivity index (χ1) is 11.5. The molecule has 1 aromatic heterocycles. The van der Waals surface area contributed by atoms with Crippen LogP contribution in [0.2, 0.25) is 0 Å². The maximum atomic E-state index is 12.5. The first-order valence-corrected chi connectivity index (χ1v) is 7.95. The van der Waals surface area contributed by atoms with Crippen molar-refractivity contribution in [2.24, 2.45) is 0 Å². The van der Waals surface area contributed by atoms with Crippen molar-refractivity contribution in [1.82, 2.24) is 19.4 Å². The summed E-state index contributed by atoms with van der Waals surface area (Å²) in [5.74, 6) is -0.110. The Morgan fingerprint density at radius 1 is 1.12 bits per heavy atom. The van der Waals surface area contributed by atoms with Crippen molar-refractivity contribution in [1.29, 1.82) is 0 Å². The molecule has 126 valence electrons. The van der Waals surface area contributed by atoms with E-state index < -0.39 is 0 Å². The van der Waals surface area contributed by atoms with E-state index in [1.165, 1.54) is 17.8 Å². The summed E-state index contributed by atoms with van der Waals surface area (Å²) in [5, 5.41) is 0.520. The average molecular weight is 328 g/mol. The second kappa shape index (κ2) is 6.43. The minimum absolute atomic E-state index is 0.0208. The van der Waals surface area contributed by atoms with Crippen LogP contribution in [0.3, 0.4) is 0 Å². The molecule has 1 aliphatic heterocycles. The Morgan fingerprint density at radius 3 is 2.46 bits per heavy atom. The van der Waals surface area contributed by atoms with Gasteiger partial charge in [-0.25, -0.2) is 4.98 Å². The summed E-state index contributed by atoms with van der Waals surface area (Å²) in [4.78, 5) is 44.0. The molecule has 1 fully saturated rings. The van der Waals surface area contributed by atoms with Gasteiger partial charge in [0.2, 0.25) is 11.8 Å². The fourth-order valence-electron chi connectivity index (χ4n) is 2.97. The number of aryl methyl sites for hydroxylation is 1. The van der Waals surface area contributed by atoms with Crippen LogP contribution in [0.5, 0.6) is 0 Å². The van der Waals surface area contributed by atoms with Crippen LogP contribution in [0, 0.1) is 6.92 Å². The van der Waals surface area contributed by atoms with E-state index in [4.69, 9.17) is 0 Å². The number of carbonyl (C=O) groups is 2. The van der Waals surface area contributed by atoms with E-state index in [9.17, 15) is 14.4 Å². The largest absolute Gasteiger partial charge is 0.339 e. The van der Waals surface area contributed by atoms with Gasteiger partial charge in [-0.3, -0.25) is 19.0 Å². The fourth-order valence-corrected chi connectivity index (χ4v) is 2.97. The Morgan fingerprint density at radius 2 is 1.79 bits per heavy atom. The third-order valence-electron chi connectivity index (χ3n) is 4.44. The van der Waals surface area contributed by atoms with Crippen molar-refractivity contribution < 1.29 is 9.59 Å². The molecule has 3 rings (SSSR count). The van der Waals surface area contributed by atoms with Gasteiger partial charge in [0, 0.05) is 33.1 Å². The van der Waals surface area contributed by atoms with E-state index in [2.05, 4.69) is 4.98 Å². The number of nitrogens with zero attached hydrogens (tertiary/aromatic N) is 4. The minimum atomic E-state index is -0.209. The van der Waals surface area contributed by atoms with E-state index in [1.807, 2.05) is 19.1 Å². The van der Waals surface area contributed by atoms with Crippen LogP contribution in [0.4, 0.5) is 0 Å². The van der Waals surface area contributed by atoms with Crippen molar-refractivity contribution in [2.45, 2.75) is 20.4 Å². The number of fused-ring (bicyclic) bond motifs is 1. The summed E-state index contributed by atoms with van der Waals surface area (Å²) in [6.45, 7) is 5.45. The Kier molecular flexibility index (Phi) is 4.33. The van der Waals surface area contributed by atoms with Crippen LogP contribution in [0.1, 0.15) is 12.5 Å². The van der Waals surface area contributed by atoms with Crippen molar-refractivity contribution in [3.8, 4) is 0 Å². The lowest BCUT2D eigenvalue weighted by molar-refractivity contribution is -0.138. The van der Waals surface area contributed by atoms with Gasteiger partial charge in [-0.1, -0.05) is 12.1 Å². The maximum Gasteiger partial charge on any atom is 0.261 e. The van der Waals surface area contributed by atoms with Crippen LogP contribution in [0.15, 0.2) is 29.3 Å². The van der Waals surface area contributed by atoms with Gasteiger partial charge in [-0.15, -0.1) is 0 Å². The number of benzene rings is 1. The third-order valence-corrected chi connectivity index (χ3v) is 4.44. The van der Waals surface area contributed by atoms with Crippen molar-refractivity contribution >= 4 is 22.7 Å². The van der Waals surface area contributed by atoms with Crippen LogP contribution < -0.4 is 5.56 Å². The van der Waals surface area contributed by atoms with Gasteiger partial charge >= 0.3 is 0 Å². The summed E-state index contributed by atoms with van der Waals surface area (Å²) >= 11 is 0. The van der Waals surface area contributed by atoms with E-state index >= 15 is 0 Å². The zero-order valence-electron chi connectivity index (χ0n) is 13.9. The molecule has 7 nitrogen and oxygen atoms in total. The Bertz CT molecular complexity index is 851. The molecule has 0 N–H and O–H groups in total. The number of piperazine rings is 1. The summed E-state index contributed by atoms with van der Waals surface area (Å²) < 4.78 is 1.35. The van der Waals surface area contributed by atoms with Crippen LogP contribution >= 0.6 is 0 Å². The highest BCUT2D eigenvalue weighted by atomic mass is 16.2. The lowest BCUT2D eigenvalue weighted by Gasteiger charge is -2.34. The van der Waals surface area contributed by atoms with E-state index in [1.54, 1.807) is 15.9 Å². The molecule has 0 spiro atoms. The number of para-hydroxylation sites is 1. The Balaban J connectivity index is 1.76. The van der Waals surface area contributed by atoms with Gasteiger partial charge in [0.15, 0.2) is 0 Å². The number of carbonyl (C=O) groups excluding carboxylic acids is 2.